The number of hydrogen-bond donors (Lipinski definition) is 1. The van der Waals surface area contributed by atoms with Gasteiger partial charge in [-0.1, -0.05) is 0 Å². The Morgan fingerprint density at radius 3 is 2.79 bits per heavy atom. The Morgan fingerprint density at radius 2 is 2.11 bits per heavy atom. The lowest BCUT2D eigenvalue weighted by Gasteiger charge is -2.35. The number of amides is 2. The van der Waals surface area contributed by atoms with Crippen LogP contribution in [0, 0.1) is 0 Å². The molecular weight excluding hydrogens is 246 g/mol. The molecule has 0 spiro atoms. The molecule has 6 nitrogen and oxygen atoms in total. The van der Waals surface area contributed by atoms with E-state index in [9.17, 15) is 9.59 Å². The zero-order chi connectivity index (χ0) is 14.0. The summed E-state index contributed by atoms with van der Waals surface area (Å²) >= 11 is 0. The van der Waals surface area contributed by atoms with Gasteiger partial charge in [0.2, 0.25) is 11.8 Å². The second-order valence-electron chi connectivity index (χ2n) is 5.93. The number of nitrogens with zero attached hydrogens (tertiary/aromatic N) is 2. The van der Waals surface area contributed by atoms with E-state index >= 15 is 0 Å². The lowest BCUT2D eigenvalue weighted by atomic mass is 10.0. The number of hydrogen-bond acceptors (Lipinski definition) is 4. The molecule has 0 radical (unpaired) electrons. The van der Waals surface area contributed by atoms with Crippen molar-refractivity contribution in [2.24, 2.45) is 0 Å². The van der Waals surface area contributed by atoms with Gasteiger partial charge in [-0.15, -0.1) is 0 Å². The second-order valence-corrected chi connectivity index (χ2v) is 5.93. The van der Waals surface area contributed by atoms with Gasteiger partial charge in [-0.2, -0.15) is 0 Å². The third kappa shape index (κ3) is 3.45. The zero-order valence-corrected chi connectivity index (χ0v) is 11.9. The van der Waals surface area contributed by atoms with E-state index in [1.54, 1.807) is 18.7 Å². The third-order valence-electron chi connectivity index (χ3n) is 3.65. The molecule has 6 heteroatoms. The maximum atomic E-state index is 12.4. The van der Waals surface area contributed by atoms with Gasteiger partial charge in [0.25, 0.3) is 0 Å². The summed E-state index contributed by atoms with van der Waals surface area (Å²) < 4.78 is 5.69. The van der Waals surface area contributed by atoms with E-state index in [0.29, 0.717) is 26.1 Å². The van der Waals surface area contributed by atoms with Gasteiger partial charge in [0, 0.05) is 32.6 Å². The van der Waals surface area contributed by atoms with Gasteiger partial charge in [0.1, 0.15) is 5.54 Å². The number of ether oxygens (including phenoxy) is 1. The molecule has 108 valence electrons. The van der Waals surface area contributed by atoms with Crippen molar-refractivity contribution in [2.45, 2.75) is 31.9 Å². The Balaban J connectivity index is 2.01. The van der Waals surface area contributed by atoms with Gasteiger partial charge >= 0.3 is 0 Å². The van der Waals surface area contributed by atoms with E-state index < -0.39 is 5.54 Å². The molecule has 0 aromatic rings. The number of nitrogens with one attached hydrogen (secondary N) is 1. The highest BCUT2D eigenvalue weighted by molar-refractivity contribution is 5.92. The standard InChI is InChI=1S/C13H23N3O3/c1-13(2)12(18)16(5-4-11(17)14-13)9-10-8-15(3)6-7-19-10/h10H,4-9H2,1-3H3,(H,14,17). The molecule has 2 aliphatic rings. The first-order valence-electron chi connectivity index (χ1n) is 6.79. The molecule has 1 unspecified atom stereocenters. The number of rotatable bonds is 2. The van der Waals surface area contributed by atoms with Crippen LogP contribution >= 0.6 is 0 Å². The monoisotopic (exact) mass is 269 g/mol. The topological polar surface area (TPSA) is 61.9 Å². The summed E-state index contributed by atoms with van der Waals surface area (Å²) in [4.78, 5) is 28.0. The average Bonchev–Trinajstić information content (AvgIpc) is 2.40. The first kappa shape index (κ1) is 14.3. The van der Waals surface area contributed by atoms with Crippen LogP contribution < -0.4 is 5.32 Å². The maximum absolute atomic E-state index is 12.4. The van der Waals surface area contributed by atoms with Crippen molar-refractivity contribution in [1.29, 1.82) is 0 Å². The summed E-state index contributed by atoms with van der Waals surface area (Å²) in [6.07, 6.45) is 0.393. The van der Waals surface area contributed by atoms with Crippen LogP contribution in [0.15, 0.2) is 0 Å². The normalized spacial score (nSPS) is 29.0. The summed E-state index contributed by atoms with van der Waals surface area (Å²) in [5.74, 6) is -0.0993. The Hall–Kier alpha value is -1.14. The minimum absolute atomic E-state index is 0.0322. The van der Waals surface area contributed by atoms with E-state index in [1.807, 2.05) is 0 Å². The predicted octanol–water partition coefficient (Wildman–Crippen LogP) is -0.556. The fourth-order valence-corrected chi connectivity index (χ4v) is 2.60. The molecule has 0 aromatic heterocycles. The summed E-state index contributed by atoms with van der Waals surface area (Å²) in [5, 5.41) is 2.76. The molecule has 0 aliphatic carbocycles. The molecule has 1 N–H and O–H groups in total. The highest BCUT2D eigenvalue weighted by Gasteiger charge is 2.37. The molecule has 2 rings (SSSR count). The molecule has 19 heavy (non-hydrogen) atoms. The van der Waals surface area contributed by atoms with Crippen LogP contribution in [-0.4, -0.2) is 73.1 Å². The Morgan fingerprint density at radius 1 is 1.37 bits per heavy atom. The van der Waals surface area contributed by atoms with Crippen LogP contribution in [0.3, 0.4) is 0 Å². The maximum Gasteiger partial charge on any atom is 0.247 e. The van der Waals surface area contributed by atoms with Crippen LogP contribution in [0.2, 0.25) is 0 Å². The summed E-state index contributed by atoms with van der Waals surface area (Å²) in [6.45, 7) is 6.98. The van der Waals surface area contributed by atoms with E-state index in [4.69, 9.17) is 4.74 Å². The molecule has 0 bridgehead atoms. The first-order valence-corrected chi connectivity index (χ1v) is 6.79. The molecule has 2 saturated heterocycles. The van der Waals surface area contributed by atoms with Crippen molar-refractivity contribution < 1.29 is 14.3 Å². The zero-order valence-electron chi connectivity index (χ0n) is 11.9. The minimum Gasteiger partial charge on any atom is -0.374 e. The van der Waals surface area contributed by atoms with Crippen LogP contribution in [0.25, 0.3) is 0 Å². The van der Waals surface area contributed by atoms with Gasteiger partial charge in [-0.05, 0) is 20.9 Å². The van der Waals surface area contributed by atoms with Crippen molar-refractivity contribution in [3.63, 3.8) is 0 Å². The molecule has 2 aliphatic heterocycles. The van der Waals surface area contributed by atoms with E-state index in [1.165, 1.54) is 0 Å². The Bertz CT molecular complexity index is 370. The van der Waals surface area contributed by atoms with Crippen molar-refractivity contribution in [1.82, 2.24) is 15.1 Å². The average molecular weight is 269 g/mol. The molecule has 2 fully saturated rings. The van der Waals surface area contributed by atoms with Crippen molar-refractivity contribution in [2.75, 3.05) is 39.8 Å². The summed E-state index contributed by atoms with van der Waals surface area (Å²) in [6, 6.07) is 0. The lowest BCUT2D eigenvalue weighted by Crippen LogP contribution is -2.55. The molecule has 0 saturated carbocycles. The van der Waals surface area contributed by atoms with E-state index in [-0.39, 0.29) is 17.9 Å². The van der Waals surface area contributed by atoms with Crippen LogP contribution in [0.4, 0.5) is 0 Å². The number of likely N-dealkylation sites (N-methyl/N-ethyl adjacent to an activating group) is 1. The van der Waals surface area contributed by atoms with Crippen molar-refractivity contribution in [3.05, 3.63) is 0 Å². The quantitative estimate of drug-likeness (QED) is 0.730. The molecule has 0 aromatic carbocycles. The first-order chi connectivity index (χ1) is 8.88. The van der Waals surface area contributed by atoms with Gasteiger partial charge in [-0.3, -0.25) is 9.59 Å². The number of carbonyl (C=O) groups excluding carboxylic acids is 2. The fourth-order valence-electron chi connectivity index (χ4n) is 2.60. The van der Waals surface area contributed by atoms with E-state index in [2.05, 4.69) is 17.3 Å². The molecule has 1 atom stereocenters. The van der Waals surface area contributed by atoms with Gasteiger partial charge in [0.15, 0.2) is 0 Å². The van der Waals surface area contributed by atoms with Crippen LogP contribution in [0.5, 0.6) is 0 Å². The molecular formula is C13H23N3O3. The van der Waals surface area contributed by atoms with Crippen LogP contribution in [-0.2, 0) is 14.3 Å². The summed E-state index contributed by atoms with van der Waals surface area (Å²) in [7, 11) is 2.05. The Labute approximate surface area is 114 Å². The molecule has 2 amide bonds. The Kier molecular flexibility index (Phi) is 4.10. The number of morpholine rings is 1. The minimum atomic E-state index is -0.825. The lowest BCUT2D eigenvalue weighted by molar-refractivity contribution is -0.140. The fraction of sp³-hybridized carbons (Fsp3) is 0.846. The predicted molar refractivity (Wildman–Crippen MR) is 70.7 cm³/mol. The van der Waals surface area contributed by atoms with Gasteiger partial charge in [0.05, 0.1) is 12.7 Å². The van der Waals surface area contributed by atoms with Crippen molar-refractivity contribution >= 4 is 11.8 Å². The largest absolute Gasteiger partial charge is 0.374 e. The highest BCUT2D eigenvalue weighted by atomic mass is 16.5. The smallest absolute Gasteiger partial charge is 0.247 e. The van der Waals surface area contributed by atoms with Gasteiger partial charge in [-0.25, -0.2) is 0 Å². The number of carbonyl (C=O) groups is 2. The second kappa shape index (κ2) is 5.46. The van der Waals surface area contributed by atoms with Crippen LogP contribution in [0.1, 0.15) is 20.3 Å². The van der Waals surface area contributed by atoms with Crippen molar-refractivity contribution in [3.8, 4) is 0 Å². The summed E-state index contributed by atoms with van der Waals surface area (Å²) in [5.41, 5.74) is -0.825. The molecule has 2 heterocycles. The highest BCUT2D eigenvalue weighted by Crippen LogP contribution is 2.15. The van der Waals surface area contributed by atoms with Gasteiger partial charge < -0.3 is 19.9 Å². The van der Waals surface area contributed by atoms with E-state index in [0.717, 1.165) is 13.1 Å². The SMILES string of the molecule is CN1CCOC(CN2CCC(=O)NC(C)(C)C2=O)C1. The third-order valence-corrected chi connectivity index (χ3v) is 3.65.